The van der Waals surface area contributed by atoms with E-state index in [4.69, 9.17) is 5.11 Å². The van der Waals surface area contributed by atoms with E-state index < -0.39 is 0 Å². The fraction of sp³-hybridized carbons (Fsp3) is 0.545. The Morgan fingerprint density at radius 2 is 2.38 bits per heavy atom. The van der Waals surface area contributed by atoms with Crippen LogP contribution in [0.3, 0.4) is 0 Å². The number of nitrogens with zero attached hydrogens (tertiary/aromatic N) is 3. The van der Waals surface area contributed by atoms with E-state index in [-0.39, 0.29) is 6.61 Å². The summed E-state index contributed by atoms with van der Waals surface area (Å²) in [5.74, 6) is 0. The summed E-state index contributed by atoms with van der Waals surface area (Å²) in [6.07, 6.45) is 5.18. The highest BCUT2D eigenvalue weighted by Gasteiger charge is 2.08. The highest BCUT2D eigenvalue weighted by Crippen LogP contribution is 2.12. The molecule has 0 aliphatic rings. The Labute approximate surface area is 99.2 Å². The molecule has 0 aliphatic heterocycles. The maximum atomic E-state index is 8.98. The van der Waals surface area contributed by atoms with Crippen LogP contribution in [0, 0.1) is 0 Å². The average molecular weight is 239 g/mol. The third kappa shape index (κ3) is 2.61. The van der Waals surface area contributed by atoms with Gasteiger partial charge in [0, 0.05) is 30.9 Å². The van der Waals surface area contributed by atoms with Gasteiger partial charge in [-0.2, -0.15) is 0 Å². The van der Waals surface area contributed by atoms with Crippen molar-refractivity contribution in [3.05, 3.63) is 23.5 Å². The molecule has 1 N–H and O–H groups in total. The lowest BCUT2D eigenvalue weighted by Gasteiger charge is -2.18. The number of aliphatic hydroxyl groups is 1. The quantitative estimate of drug-likeness (QED) is 0.832. The lowest BCUT2D eigenvalue weighted by atomic mass is 10.3. The minimum absolute atomic E-state index is 0.211. The van der Waals surface area contributed by atoms with E-state index in [0.29, 0.717) is 0 Å². The number of fused-ring (bicyclic) bond motifs is 1. The van der Waals surface area contributed by atoms with Crippen LogP contribution in [0.25, 0.3) is 4.96 Å². The number of aliphatic hydroxyl groups excluding tert-OH is 1. The first-order valence-corrected chi connectivity index (χ1v) is 6.45. The van der Waals surface area contributed by atoms with Crippen molar-refractivity contribution < 1.29 is 5.11 Å². The molecule has 0 atom stereocenters. The van der Waals surface area contributed by atoms with E-state index in [1.807, 2.05) is 16.0 Å². The summed E-state index contributed by atoms with van der Waals surface area (Å²) >= 11 is 1.65. The molecule has 0 saturated carbocycles. The number of thiazole rings is 1. The highest BCUT2D eigenvalue weighted by molar-refractivity contribution is 7.15. The second-order valence-electron chi connectivity index (χ2n) is 3.82. The molecule has 2 rings (SSSR count). The van der Waals surface area contributed by atoms with E-state index in [1.165, 1.54) is 0 Å². The van der Waals surface area contributed by atoms with E-state index in [0.717, 1.165) is 36.7 Å². The highest BCUT2D eigenvalue weighted by atomic mass is 32.1. The van der Waals surface area contributed by atoms with Crippen LogP contribution in [0.2, 0.25) is 0 Å². The summed E-state index contributed by atoms with van der Waals surface area (Å²) in [7, 11) is 0. The van der Waals surface area contributed by atoms with E-state index in [9.17, 15) is 0 Å². The molecule has 0 fully saturated rings. The molecular formula is C11H17N3OS. The maximum absolute atomic E-state index is 8.98. The van der Waals surface area contributed by atoms with Gasteiger partial charge in [-0.05, 0) is 13.0 Å². The van der Waals surface area contributed by atoms with Crippen LogP contribution < -0.4 is 0 Å². The van der Waals surface area contributed by atoms with Gasteiger partial charge in [0.05, 0.1) is 12.3 Å². The molecular weight excluding hydrogens is 222 g/mol. The molecule has 4 nitrogen and oxygen atoms in total. The second kappa shape index (κ2) is 5.43. The van der Waals surface area contributed by atoms with Gasteiger partial charge >= 0.3 is 0 Å². The number of hydrogen-bond donors (Lipinski definition) is 1. The van der Waals surface area contributed by atoms with Gasteiger partial charge in [0.15, 0.2) is 4.96 Å². The predicted octanol–water partition coefficient (Wildman–Crippen LogP) is 1.60. The van der Waals surface area contributed by atoms with E-state index in [1.54, 1.807) is 11.3 Å². The van der Waals surface area contributed by atoms with E-state index >= 15 is 0 Å². The second-order valence-corrected chi connectivity index (χ2v) is 4.70. The Morgan fingerprint density at radius 1 is 1.50 bits per heavy atom. The summed E-state index contributed by atoms with van der Waals surface area (Å²) < 4.78 is 2.04. The van der Waals surface area contributed by atoms with Gasteiger partial charge in [0.25, 0.3) is 0 Å². The molecule has 5 heteroatoms. The zero-order chi connectivity index (χ0) is 11.4. The summed E-state index contributed by atoms with van der Waals surface area (Å²) in [4.78, 5) is 7.80. The molecule has 0 spiro atoms. The molecule has 2 heterocycles. The largest absolute Gasteiger partial charge is 0.395 e. The fourth-order valence-electron chi connectivity index (χ4n) is 1.81. The minimum atomic E-state index is 0.211. The maximum Gasteiger partial charge on any atom is 0.193 e. The van der Waals surface area contributed by atoms with Crippen LogP contribution >= 0.6 is 11.3 Å². The molecule has 0 radical (unpaired) electrons. The number of imidazole rings is 1. The topological polar surface area (TPSA) is 40.8 Å². The summed E-state index contributed by atoms with van der Waals surface area (Å²) in [5, 5.41) is 11.0. The third-order valence-corrected chi connectivity index (χ3v) is 3.26. The molecule has 16 heavy (non-hydrogen) atoms. The van der Waals surface area contributed by atoms with Gasteiger partial charge in [-0.25, -0.2) is 4.98 Å². The van der Waals surface area contributed by atoms with Gasteiger partial charge in [0.1, 0.15) is 0 Å². The molecule has 0 aromatic carbocycles. The van der Waals surface area contributed by atoms with Crippen LogP contribution in [-0.4, -0.2) is 39.1 Å². The first-order valence-electron chi connectivity index (χ1n) is 5.57. The van der Waals surface area contributed by atoms with Crippen LogP contribution in [0.15, 0.2) is 17.8 Å². The van der Waals surface area contributed by atoms with Gasteiger partial charge in [-0.15, -0.1) is 11.3 Å². The molecule has 0 aliphatic carbocycles. The first-order chi connectivity index (χ1) is 7.83. The summed E-state index contributed by atoms with van der Waals surface area (Å²) in [6.45, 7) is 4.91. The zero-order valence-electron chi connectivity index (χ0n) is 9.46. The van der Waals surface area contributed by atoms with Crippen LogP contribution in [0.5, 0.6) is 0 Å². The normalized spacial score (nSPS) is 11.7. The number of aromatic nitrogens is 2. The molecule has 0 unspecified atom stereocenters. The van der Waals surface area contributed by atoms with Crippen molar-refractivity contribution in [3.8, 4) is 0 Å². The van der Waals surface area contributed by atoms with Crippen molar-refractivity contribution >= 4 is 16.3 Å². The van der Waals surface area contributed by atoms with Crippen molar-refractivity contribution in [3.63, 3.8) is 0 Å². The lowest BCUT2D eigenvalue weighted by molar-refractivity contribution is 0.189. The average Bonchev–Trinajstić information content (AvgIpc) is 2.78. The number of hydrogen-bond acceptors (Lipinski definition) is 4. The minimum Gasteiger partial charge on any atom is -0.395 e. The molecule has 0 amide bonds. The smallest absolute Gasteiger partial charge is 0.193 e. The van der Waals surface area contributed by atoms with Crippen molar-refractivity contribution in [2.75, 3.05) is 19.7 Å². The Kier molecular flexibility index (Phi) is 3.93. The van der Waals surface area contributed by atoms with Crippen LogP contribution in [0.1, 0.15) is 19.0 Å². The van der Waals surface area contributed by atoms with Crippen molar-refractivity contribution in [2.24, 2.45) is 0 Å². The molecule has 2 aromatic rings. The summed E-state index contributed by atoms with van der Waals surface area (Å²) in [6, 6.07) is 0. The van der Waals surface area contributed by atoms with Crippen molar-refractivity contribution in [2.45, 2.75) is 19.9 Å². The van der Waals surface area contributed by atoms with E-state index in [2.05, 4.69) is 23.0 Å². The third-order valence-electron chi connectivity index (χ3n) is 2.48. The zero-order valence-corrected chi connectivity index (χ0v) is 10.3. The molecule has 0 saturated heterocycles. The Morgan fingerprint density at radius 3 is 3.06 bits per heavy atom. The van der Waals surface area contributed by atoms with Gasteiger partial charge in [-0.1, -0.05) is 6.92 Å². The van der Waals surface area contributed by atoms with Gasteiger partial charge in [-0.3, -0.25) is 9.30 Å². The Bertz CT molecular complexity index is 403. The van der Waals surface area contributed by atoms with Crippen LogP contribution in [-0.2, 0) is 6.54 Å². The lowest BCUT2D eigenvalue weighted by Crippen LogP contribution is -2.27. The van der Waals surface area contributed by atoms with Crippen molar-refractivity contribution in [1.29, 1.82) is 0 Å². The molecule has 0 bridgehead atoms. The Balaban J connectivity index is 2.03. The first kappa shape index (κ1) is 11.6. The van der Waals surface area contributed by atoms with Gasteiger partial charge < -0.3 is 5.11 Å². The number of rotatable bonds is 6. The van der Waals surface area contributed by atoms with Crippen LogP contribution in [0.4, 0.5) is 0 Å². The summed E-state index contributed by atoms with van der Waals surface area (Å²) in [5.41, 5.74) is 1.08. The van der Waals surface area contributed by atoms with Crippen molar-refractivity contribution in [1.82, 2.24) is 14.3 Å². The Hall–Kier alpha value is -0.910. The predicted molar refractivity (Wildman–Crippen MR) is 65.7 cm³/mol. The van der Waals surface area contributed by atoms with Gasteiger partial charge in [0.2, 0.25) is 0 Å². The monoisotopic (exact) mass is 239 g/mol. The standard InChI is InChI=1S/C11H17N3OS/c1-2-3-13(4-6-15)8-10-9-14-5-7-16-11(14)12-10/h5,7,9,15H,2-4,6,8H2,1H3. The fourth-order valence-corrected chi connectivity index (χ4v) is 2.53. The SMILES string of the molecule is CCCN(CCO)Cc1cn2ccsc2n1. The molecule has 88 valence electrons. The molecule has 2 aromatic heterocycles.